The van der Waals surface area contributed by atoms with Crippen molar-refractivity contribution in [1.82, 2.24) is 0 Å². The Balaban J connectivity index is 0.000000235. The van der Waals surface area contributed by atoms with Gasteiger partial charge in [0.1, 0.15) is 23.0 Å². The standard InChI is InChI=1S/C20H22O3.C17H20O2/c1-14(2)19(21)23-18-12-8-16(9-13-18)20(3,4)15-6-10-17(22-5)11-7-15;1-17(2,13-5-9-15(18-3)10-6-13)14-7-11-16(19-4)12-8-14/h6-13H,1H2,2-5H3;5-12H,1-4H3. The van der Waals surface area contributed by atoms with E-state index in [1.165, 1.54) is 16.7 Å². The topological polar surface area (TPSA) is 54.0 Å². The minimum absolute atomic E-state index is 0.0431. The predicted molar refractivity (Wildman–Crippen MR) is 170 cm³/mol. The van der Waals surface area contributed by atoms with Crippen molar-refractivity contribution in [2.24, 2.45) is 0 Å². The summed E-state index contributed by atoms with van der Waals surface area (Å²) in [5.74, 6) is 2.72. The number of methoxy groups -OCH3 is 3. The van der Waals surface area contributed by atoms with Crippen LogP contribution in [0.1, 0.15) is 56.9 Å². The van der Waals surface area contributed by atoms with Crippen LogP contribution in [0.4, 0.5) is 0 Å². The summed E-state index contributed by atoms with van der Waals surface area (Å²) in [6.07, 6.45) is 0. The molecular formula is C37H42O5. The molecule has 0 aliphatic carbocycles. The summed E-state index contributed by atoms with van der Waals surface area (Å²) in [4.78, 5) is 11.5. The lowest BCUT2D eigenvalue weighted by atomic mass is 9.78. The molecule has 0 radical (unpaired) electrons. The van der Waals surface area contributed by atoms with E-state index < -0.39 is 5.97 Å². The van der Waals surface area contributed by atoms with Gasteiger partial charge in [0.25, 0.3) is 0 Å². The van der Waals surface area contributed by atoms with E-state index in [0.717, 1.165) is 22.8 Å². The van der Waals surface area contributed by atoms with Crippen LogP contribution in [0.25, 0.3) is 0 Å². The van der Waals surface area contributed by atoms with Gasteiger partial charge in [0, 0.05) is 16.4 Å². The molecule has 0 amide bonds. The molecule has 0 saturated carbocycles. The van der Waals surface area contributed by atoms with Gasteiger partial charge in [-0.25, -0.2) is 4.79 Å². The van der Waals surface area contributed by atoms with Gasteiger partial charge in [-0.3, -0.25) is 0 Å². The average molecular weight is 567 g/mol. The fourth-order valence-electron chi connectivity index (χ4n) is 4.49. The molecule has 0 aromatic heterocycles. The molecule has 4 rings (SSSR count). The molecule has 0 bridgehead atoms. The maximum Gasteiger partial charge on any atom is 0.338 e. The summed E-state index contributed by atoms with van der Waals surface area (Å²) < 4.78 is 20.8. The average Bonchev–Trinajstić information content (AvgIpc) is 3.01. The van der Waals surface area contributed by atoms with Crippen molar-refractivity contribution < 1.29 is 23.7 Å². The fraction of sp³-hybridized carbons (Fsp3) is 0.270. The quantitative estimate of drug-likeness (QED) is 0.115. The van der Waals surface area contributed by atoms with Crippen LogP contribution >= 0.6 is 0 Å². The van der Waals surface area contributed by atoms with Gasteiger partial charge in [0.05, 0.1) is 21.3 Å². The van der Waals surface area contributed by atoms with Gasteiger partial charge in [-0.15, -0.1) is 0 Å². The summed E-state index contributed by atoms with van der Waals surface area (Å²) >= 11 is 0. The maximum atomic E-state index is 11.5. The Morgan fingerprint density at radius 1 is 0.500 bits per heavy atom. The molecular weight excluding hydrogens is 524 g/mol. The van der Waals surface area contributed by atoms with E-state index >= 15 is 0 Å². The van der Waals surface area contributed by atoms with Crippen LogP contribution in [0.2, 0.25) is 0 Å². The van der Waals surface area contributed by atoms with Crippen LogP contribution in [0, 0.1) is 0 Å². The maximum absolute atomic E-state index is 11.5. The van der Waals surface area contributed by atoms with Gasteiger partial charge >= 0.3 is 5.97 Å². The minimum atomic E-state index is -0.410. The Bertz CT molecular complexity index is 1400. The van der Waals surface area contributed by atoms with Crippen LogP contribution in [-0.4, -0.2) is 27.3 Å². The first-order chi connectivity index (χ1) is 19.9. The third kappa shape index (κ3) is 7.82. The van der Waals surface area contributed by atoms with Crippen molar-refractivity contribution >= 4 is 5.97 Å². The number of benzene rings is 4. The Hall–Kier alpha value is -4.51. The second-order valence-corrected chi connectivity index (χ2v) is 11.1. The molecule has 0 atom stereocenters. The van der Waals surface area contributed by atoms with Crippen molar-refractivity contribution in [3.05, 3.63) is 131 Å². The van der Waals surface area contributed by atoms with Crippen LogP contribution in [0.15, 0.2) is 109 Å². The zero-order valence-electron chi connectivity index (χ0n) is 26.0. The van der Waals surface area contributed by atoms with Crippen molar-refractivity contribution in [2.75, 3.05) is 21.3 Å². The molecule has 0 aliphatic heterocycles. The van der Waals surface area contributed by atoms with Crippen LogP contribution in [0.3, 0.4) is 0 Å². The predicted octanol–water partition coefficient (Wildman–Crippen LogP) is 8.53. The van der Waals surface area contributed by atoms with Gasteiger partial charge < -0.3 is 18.9 Å². The number of rotatable bonds is 9. The Labute approximate surface area is 250 Å². The lowest BCUT2D eigenvalue weighted by molar-refractivity contribution is -0.130. The molecule has 0 heterocycles. The van der Waals surface area contributed by atoms with E-state index in [4.69, 9.17) is 18.9 Å². The highest BCUT2D eigenvalue weighted by Crippen LogP contribution is 2.34. The molecule has 220 valence electrons. The van der Waals surface area contributed by atoms with Gasteiger partial charge in [0.2, 0.25) is 0 Å². The third-order valence-corrected chi connectivity index (χ3v) is 7.57. The van der Waals surface area contributed by atoms with E-state index in [0.29, 0.717) is 11.3 Å². The summed E-state index contributed by atoms with van der Waals surface area (Å²) in [5.41, 5.74) is 5.02. The molecule has 5 heteroatoms. The van der Waals surface area contributed by atoms with Crippen molar-refractivity contribution in [3.8, 4) is 23.0 Å². The molecule has 5 nitrogen and oxygen atoms in total. The van der Waals surface area contributed by atoms with Crippen molar-refractivity contribution in [2.45, 2.75) is 45.4 Å². The minimum Gasteiger partial charge on any atom is -0.497 e. The normalized spacial score (nSPS) is 11.0. The van der Waals surface area contributed by atoms with Gasteiger partial charge in [-0.05, 0) is 77.7 Å². The Morgan fingerprint density at radius 3 is 0.952 bits per heavy atom. The highest BCUT2D eigenvalue weighted by atomic mass is 16.5. The van der Waals surface area contributed by atoms with E-state index in [9.17, 15) is 4.79 Å². The zero-order valence-corrected chi connectivity index (χ0v) is 26.0. The first kappa shape index (κ1) is 32.0. The highest BCUT2D eigenvalue weighted by molar-refractivity contribution is 5.88. The number of ether oxygens (including phenoxy) is 4. The largest absolute Gasteiger partial charge is 0.497 e. The van der Waals surface area contributed by atoms with E-state index in [2.05, 4.69) is 70.7 Å². The summed E-state index contributed by atoms with van der Waals surface area (Å²) in [5, 5.41) is 0. The zero-order chi connectivity index (χ0) is 30.9. The second-order valence-electron chi connectivity index (χ2n) is 11.1. The number of carbonyl (C=O) groups excluding carboxylic acids is 1. The SMILES string of the molecule is C=C(C)C(=O)Oc1ccc(C(C)(C)c2ccc(OC)cc2)cc1.COc1ccc(C(C)(C)c2ccc(OC)cc2)cc1. The Morgan fingerprint density at radius 2 is 0.738 bits per heavy atom. The second kappa shape index (κ2) is 13.9. The lowest BCUT2D eigenvalue weighted by Gasteiger charge is -2.26. The summed E-state index contributed by atoms with van der Waals surface area (Å²) in [6.45, 7) is 14.0. The fourth-order valence-corrected chi connectivity index (χ4v) is 4.49. The first-order valence-electron chi connectivity index (χ1n) is 13.8. The molecule has 0 N–H and O–H groups in total. The third-order valence-electron chi connectivity index (χ3n) is 7.57. The first-order valence-corrected chi connectivity index (χ1v) is 13.8. The molecule has 0 fully saturated rings. The Kier molecular flexibility index (Phi) is 10.6. The van der Waals surface area contributed by atoms with Gasteiger partial charge in [-0.2, -0.15) is 0 Å². The lowest BCUT2D eigenvalue weighted by Crippen LogP contribution is -2.18. The van der Waals surface area contributed by atoms with Crippen LogP contribution < -0.4 is 18.9 Å². The number of hydrogen-bond donors (Lipinski definition) is 0. The molecule has 0 unspecified atom stereocenters. The molecule has 0 aliphatic rings. The highest BCUT2D eigenvalue weighted by Gasteiger charge is 2.24. The van der Waals surface area contributed by atoms with E-state index in [-0.39, 0.29) is 10.8 Å². The van der Waals surface area contributed by atoms with E-state index in [1.807, 2.05) is 48.5 Å². The van der Waals surface area contributed by atoms with E-state index in [1.54, 1.807) is 40.4 Å². The summed E-state index contributed by atoms with van der Waals surface area (Å²) in [6, 6.07) is 32.1. The number of esters is 1. The smallest absolute Gasteiger partial charge is 0.338 e. The molecule has 4 aromatic rings. The molecule has 0 saturated heterocycles. The number of hydrogen-bond acceptors (Lipinski definition) is 5. The monoisotopic (exact) mass is 566 g/mol. The molecule has 0 spiro atoms. The van der Waals surface area contributed by atoms with Gasteiger partial charge in [-0.1, -0.05) is 82.8 Å². The molecule has 42 heavy (non-hydrogen) atoms. The number of carbonyl (C=O) groups is 1. The van der Waals surface area contributed by atoms with Crippen molar-refractivity contribution in [1.29, 1.82) is 0 Å². The summed E-state index contributed by atoms with van der Waals surface area (Å²) in [7, 11) is 5.03. The van der Waals surface area contributed by atoms with Gasteiger partial charge in [0.15, 0.2) is 0 Å². The van der Waals surface area contributed by atoms with Crippen molar-refractivity contribution in [3.63, 3.8) is 0 Å². The molecule has 4 aromatic carbocycles. The van der Waals surface area contributed by atoms with Crippen LogP contribution in [0.5, 0.6) is 23.0 Å². The van der Waals surface area contributed by atoms with Crippen LogP contribution in [-0.2, 0) is 15.6 Å².